The monoisotopic (exact) mass is 425 g/mol. The van der Waals surface area contributed by atoms with Gasteiger partial charge in [-0.2, -0.15) is 20.0 Å². The number of carbonyl (C=O) groups excluding carboxylic acids is 2. The molecule has 6 N–H and O–H groups in total. The summed E-state index contributed by atoms with van der Waals surface area (Å²) in [7, 11) is 0. The highest BCUT2D eigenvalue weighted by Gasteiger charge is 2.23. The number of nitrogens with zero attached hydrogens (tertiary/aromatic N) is 5. The molecule has 0 radical (unpaired) electrons. The van der Waals surface area contributed by atoms with Crippen LogP contribution in [-0.2, 0) is 4.79 Å². The summed E-state index contributed by atoms with van der Waals surface area (Å²) >= 11 is 0. The van der Waals surface area contributed by atoms with Gasteiger partial charge in [0.05, 0.1) is 18.1 Å². The van der Waals surface area contributed by atoms with Crippen molar-refractivity contribution in [1.82, 2.24) is 25.0 Å². The van der Waals surface area contributed by atoms with E-state index in [1.165, 1.54) is 17.2 Å². The molecule has 12 nitrogen and oxygen atoms in total. The largest absolute Gasteiger partial charge is 0.365 e. The molecule has 0 spiro atoms. The molecule has 2 aromatic heterocycles. The second-order valence-electron chi connectivity index (χ2n) is 7.21. The van der Waals surface area contributed by atoms with Gasteiger partial charge < -0.3 is 15.8 Å². The minimum atomic E-state index is -0.967. The summed E-state index contributed by atoms with van der Waals surface area (Å²) in [6.07, 6.45) is 4.19. The molecular formula is C19H23N9O3. The van der Waals surface area contributed by atoms with Crippen molar-refractivity contribution in [1.29, 1.82) is 0 Å². The number of anilines is 3. The highest BCUT2D eigenvalue weighted by molar-refractivity contribution is 5.98. The molecule has 0 aliphatic heterocycles. The first-order chi connectivity index (χ1) is 14.8. The maximum atomic E-state index is 12.6. The zero-order valence-corrected chi connectivity index (χ0v) is 17.0. The molecule has 162 valence electrons. The summed E-state index contributed by atoms with van der Waals surface area (Å²) < 4.78 is 0. The SMILES string of the molecule is CC(C)C[C@H](C=O)N(N)c1nc(Nc2cccc(-n3nccn3)c2)c(C(N)=O)c(=O)[nH]1. The molecule has 0 unspecified atom stereocenters. The van der Waals surface area contributed by atoms with Gasteiger partial charge in [0.25, 0.3) is 11.5 Å². The lowest BCUT2D eigenvalue weighted by atomic mass is 10.0. The lowest BCUT2D eigenvalue weighted by molar-refractivity contribution is -0.109. The lowest BCUT2D eigenvalue weighted by Gasteiger charge is -2.25. The fraction of sp³-hybridized carbons (Fsp3) is 0.263. The Labute approximate surface area is 177 Å². The van der Waals surface area contributed by atoms with E-state index in [0.29, 0.717) is 24.1 Å². The van der Waals surface area contributed by atoms with Crippen LogP contribution in [0.5, 0.6) is 0 Å². The number of primary amides is 1. The van der Waals surface area contributed by atoms with Crippen molar-refractivity contribution in [3.63, 3.8) is 0 Å². The third kappa shape index (κ3) is 4.93. The molecule has 1 aromatic carbocycles. The molecule has 3 rings (SSSR count). The molecule has 0 aliphatic carbocycles. The first-order valence-electron chi connectivity index (χ1n) is 9.47. The number of benzene rings is 1. The van der Waals surface area contributed by atoms with E-state index in [4.69, 9.17) is 11.6 Å². The molecule has 0 aliphatic rings. The molecule has 0 saturated heterocycles. The minimum absolute atomic E-state index is 0.0832. The van der Waals surface area contributed by atoms with Crippen LogP contribution < -0.4 is 27.5 Å². The van der Waals surface area contributed by atoms with Crippen molar-refractivity contribution in [2.45, 2.75) is 26.3 Å². The first-order valence-corrected chi connectivity index (χ1v) is 9.47. The summed E-state index contributed by atoms with van der Waals surface area (Å²) in [5, 5.41) is 12.1. The van der Waals surface area contributed by atoms with Gasteiger partial charge in [0.15, 0.2) is 5.82 Å². The predicted octanol–water partition coefficient (Wildman–Crippen LogP) is 0.487. The van der Waals surface area contributed by atoms with Crippen molar-refractivity contribution in [2.24, 2.45) is 17.5 Å². The Bertz CT molecular complexity index is 1120. The van der Waals surface area contributed by atoms with Crippen LogP contribution in [0.3, 0.4) is 0 Å². The van der Waals surface area contributed by atoms with Gasteiger partial charge in [-0.05, 0) is 30.5 Å². The van der Waals surface area contributed by atoms with Crippen LogP contribution in [0.1, 0.15) is 30.6 Å². The number of aromatic nitrogens is 5. The van der Waals surface area contributed by atoms with Gasteiger partial charge in [0.1, 0.15) is 17.9 Å². The average molecular weight is 425 g/mol. The number of H-pyrrole nitrogens is 1. The minimum Gasteiger partial charge on any atom is -0.365 e. The molecule has 1 atom stereocenters. The van der Waals surface area contributed by atoms with E-state index in [0.717, 1.165) is 5.01 Å². The summed E-state index contributed by atoms with van der Waals surface area (Å²) in [4.78, 5) is 44.0. The van der Waals surface area contributed by atoms with Gasteiger partial charge in [-0.1, -0.05) is 19.9 Å². The fourth-order valence-corrected chi connectivity index (χ4v) is 2.97. The number of hydrogen-bond donors (Lipinski definition) is 4. The number of aromatic amines is 1. The lowest BCUT2D eigenvalue weighted by Crippen LogP contribution is -2.45. The molecule has 0 saturated carbocycles. The second kappa shape index (κ2) is 9.17. The fourth-order valence-electron chi connectivity index (χ4n) is 2.97. The molecule has 2 heterocycles. The summed E-state index contributed by atoms with van der Waals surface area (Å²) in [5.41, 5.74) is 5.38. The Kier molecular flexibility index (Phi) is 6.40. The number of nitrogens with two attached hydrogens (primary N) is 2. The van der Waals surface area contributed by atoms with E-state index in [2.05, 4.69) is 25.5 Å². The third-order valence-electron chi connectivity index (χ3n) is 4.38. The standard InChI is InChI=1S/C19H23N9O3/c1-11(2)8-14(10-29)27(21)19-25-17(15(16(20)30)18(31)26-19)24-12-4-3-5-13(9-12)28-22-6-7-23-28/h3-7,9-11,14H,8,21H2,1-2H3,(H2,20,30)(H2,24,25,26,31)/t14-/m1/s1. The van der Waals surface area contributed by atoms with Gasteiger partial charge in [-0.3, -0.25) is 19.6 Å². The van der Waals surface area contributed by atoms with Crippen LogP contribution in [-0.4, -0.2) is 43.2 Å². The molecule has 0 fully saturated rings. The van der Waals surface area contributed by atoms with Crippen LogP contribution in [0, 0.1) is 5.92 Å². The van der Waals surface area contributed by atoms with E-state index in [1.807, 2.05) is 13.8 Å². The van der Waals surface area contributed by atoms with Crippen LogP contribution >= 0.6 is 0 Å². The van der Waals surface area contributed by atoms with Crippen molar-refractivity contribution < 1.29 is 9.59 Å². The van der Waals surface area contributed by atoms with Crippen LogP contribution in [0.15, 0.2) is 41.5 Å². The maximum Gasteiger partial charge on any atom is 0.267 e. The zero-order chi connectivity index (χ0) is 22.5. The predicted molar refractivity (Wildman–Crippen MR) is 114 cm³/mol. The number of carbonyl (C=O) groups is 2. The number of hydrogen-bond acceptors (Lipinski definition) is 9. The van der Waals surface area contributed by atoms with Crippen molar-refractivity contribution in [3.8, 4) is 5.69 Å². The Balaban J connectivity index is 2.01. The molecule has 1 amide bonds. The summed E-state index contributed by atoms with van der Waals surface area (Å²) in [6, 6.07) is 6.19. The Morgan fingerprint density at radius 1 is 1.32 bits per heavy atom. The topological polar surface area (TPSA) is 178 Å². The van der Waals surface area contributed by atoms with E-state index >= 15 is 0 Å². The Morgan fingerprint density at radius 3 is 2.65 bits per heavy atom. The quantitative estimate of drug-likeness (QED) is 0.216. The third-order valence-corrected chi connectivity index (χ3v) is 4.38. The highest BCUT2D eigenvalue weighted by atomic mass is 16.2. The van der Waals surface area contributed by atoms with Crippen LogP contribution in [0.2, 0.25) is 0 Å². The van der Waals surface area contributed by atoms with E-state index in [9.17, 15) is 14.4 Å². The molecule has 3 aromatic rings. The zero-order valence-electron chi connectivity index (χ0n) is 17.0. The normalized spacial score (nSPS) is 11.9. The number of nitrogens with one attached hydrogen (secondary N) is 2. The second-order valence-corrected chi connectivity index (χ2v) is 7.21. The van der Waals surface area contributed by atoms with E-state index in [1.54, 1.807) is 24.3 Å². The van der Waals surface area contributed by atoms with Gasteiger partial charge >= 0.3 is 0 Å². The van der Waals surface area contributed by atoms with Crippen LogP contribution in [0.25, 0.3) is 5.69 Å². The van der Waals surface area contributed by atoms with Crippen molar-refractivity contribution >= 4 is 29.6 Å². The highest BCUT2D eigenvalue weighted by Crippen LogP contribution is 2.21. The average Bonchev–Trinajstić information content (AvgIpc) is 3.26. The Morgan fingerprint density at radius 2 is 2.03 bits per heavy atom. The molecule has 31 heavy (non-hydrogen) atoms. The van der Waals surface area contributed by atoms with Gasteiger partial charge in [-0.15, -0.1) is 0 Å². The van der Waals surface area contributed by atoms with Crippen LogP contribution in [0.4, 0.5) is 17.5 Å². The molecule has 0 bridgehead atoms. The van der Waals surface area contributed by atoms with E-state index < -0.39 is 17.5 Å². The van der Waals surface area contributed by atoms with Gasteiger partial charge in [0.2, 0.25) is 5.95 Å². The summed E-state index contributed by atoms with van der Waals surface area (Å²) in [5.74, 6) is 5.08. The van der Waals surface area contributed by atoms with E-state index in [-0.39, 0.29) is 23.2 Å². The number of amides is 1. The summed E-state index contributed by atoms with van der Waals surface area (Å²) in [6.45, 7) is 3.87. The van der Waals surface area contributed by atoms with Crippen molar-refractivity contribution in [2.75, 3.05) is 10.3 Å². The van der Waals surface area contributed by atoms with Crippen molar-refractivity contribution in [3.05, 3.63) is 52.6 Å². The molecular weight excluding hydrogens is 402 g/mol. The van der Waals surface area contributed by atoms with Gasteiger partial charge in [0, 0.05) is 5.69 Å². The number of rotatable bonds is 9. The first kappa shape index (κ1) is 21.6. The number of aldehydes is 1. The Hall–Kier alpha value is -4.06. The van der Waals surface area contributed by atoms with Gasteiger partial charge in [-0.25, -0.2) is 5.84 Å². The maximum absolute atomic E-state index is 12.6. The number of hydrazine groups is 1. The smallest absolute Gasteiger partial charge is 0.267 e. The molecule has 12 heteroatoms.